The Morgan fingerprint density at radius 3 is 2.58 bits per heavy atom. The Bertz CT molecular complexity index is 304. The van der Waals surface area contributed by atoms with Crippen LogP contribution in [-0.4, -0.2) is 23.0 Å². The minimum atomic E-state index is -0.730. The van der Waals surface area contributed by atoms with Gasteiger partial charge in [0.2, 0.25) is 5.91 Å². The Labute approximate surface area is 116 Å². The van der Waals surface area contributed by atoms with E-state index in [1.807, 2.05) is 0 Å². The fourth-order valence-electron chi connectivity index (χ4n) is 2.83. The van der Waals surface area contributed by atoms with Crippen molar-refractivity contribution >= 4 is 11.9 Å². The highest BCUT2D eigenvalue weighted by Crippen LogP contribution is 2.26. The van der Waals surface area contributed by atoms with E-state index in [2.05, 4.69) is 19.2 Å². The van der Waals surface area contributed by atoms with E-state index in [0.717, 1.165) is 19.3 Å². The number of nitrogens with one attached hydrogen (secondary N) is 1. The second-order valence-electron chi connectivity index (χ2n) is 5.73. The Kier molecular flexibility index (Phi) is 6.89. The third kappa shape index (κ3) is 5.62. The number of amides is 1. The van der Waals surface area contributed by atoms with E-state index in [1.54, 1.807) is 0 Å². The maximum Gasteiger partial charge on any atom is 0.306 e. The summed E-state index contributed by atoms with van der Waals surface area (Å²) in [5, 5.41) is 11.9. The highest BCUT2D eigenvalue weighted by Gasteiger charge is 2.30. The molecule has 1 aliphatic carbocycles. The Morgan fingerprint density at radius 1 is 1.32 bits per heavy atom. The van der Waals surface area contributed by atoms with Crippen molar-refractivity contribution in [3.8, 4) is 0 Å². The maximum absolute atomic E-state index is 11.9. The summed E-state index contributed by atoms with van der Waals surface area (Å²) in [6.07, 6.45) is 7.16. The van der Waals surface area contributed by atoms with Crippen LogP contribution in [0, 0.1) is 11.8 Å². The summed E-state index contributed by atoms with van der Waals surface area (Å²) in [7, 11) is 0. The van der Waals surface area contributed by atoms with E-state index in [4.69, 9.17) is 5.11 Å². The molecule has 0 saturated heterocycles. The van der Waals surface area contributed by atoms with E-state index >= 15 is 0 Å². The number of unbranched alkanes of at least 4 members (excludes halogenated alkanes) is 1. The van der Waals surface area contributed by atoms with Gasteiger partial charge in [0.05, 0.1) is 5.92 Å². The van der Waals surface area contributed by atoms with Gasteiger partial charge in [-0.1, -0.05) is 33.1 Å². The molecule has 0 aromatic rings. The third-order valence-electron chi connectivity index (χ3n) is 4.16. The average molecular weight is 269 g/mol. The Hall–Kier alpha value is -1.06. The Morgan fingerprint density at radius 2 is 2.05 bits per heavy atom. The van der Waals surface area contributed by atoms with Crippen molar-refractivity contribution in [2.75, 3.05) is 0 Å². The predicted octanol–water partition coefficient (Wildman–Crippen LogP) is 2.96. The molecule has 4 heteroatoms. The summed E-state index contributed by atoms with van der Waals surface area (Å²) < 4.78 is 0. The van der Waals surface area contributed by atoms with Gasteiger partial charge in [0, 0.05) is 12.5 Å². The smallest absolute Gasteiger partial charge is 0.306 e. The molecule has 1 unspecified atom stereocenters. The SMILES string of the molecule is CCCCC(CC)CC(=O)N[C@@H]1CC[C@H](C(=O)O)C1. The van der Waals surface area contributed by atoms with Crippen molar-refractivity contribution in [2.45, 2.75) is 71.3 Å². The molecule has 1 amide bonds. The summed E-state index contributed by atoms with van der Waals surface area (Å²) in [6.45, 7) is 4.29. The van der Waals surface area contributed by atoms with E-state index in [1.165, 1.54) is 12.8 Å². The Balaban J connectivity index is 2.29. The van der Waals surface area contributed by atoms with Gasteiger partial charge in [-0.3, -0.25) is 9.59 Å². The second kappa shape index (κ2) is 8.18. The van der Waals surface area contributed by atoms with Crippen LogP contribution in [0.3, 0.4) is 0 Å². The van der Waals surface area contributed by atoms with Gasteiger partial charge in [0.25, 0.3) is 0 Å². The number of hydrogen-bond acceptors (Lipinski definition) is 2. The zero-order chi connectivity index (χ0) is 14.3. The van der Waals surface area contributed by atoms with Crippen molar-refractivity contribution in [3.63, 3.8) is 0 Å². The molecule has 1 aliphatic rings. The van der Waals surface area contributed by atoms with E-state index < -0.39 is 5.97 Å². The zero-order valence-electron chi connectivity index (χ0n) is 12.2. The lowest BCUT2D eigenvalue weighted by Crippen LogP contribution is -2.34. The number of aliphatic carboxylic acids is 1. The normalized spacial score (nSPS) is 24.1. The molecule has 1 saturated carbocycles. The number of carbonyl (C=O) groups is 2. The van der Waals surface area contributed by atoms with Crippen molar-refractivity contribution in [2.24, 2.45) is 11.8 Å². The molecule has 0 aliphatic heterocycles. The molecule has 3 atom stereocenters. The average Bonchev–Trinajstić information content (AvgIpc) is 2.83. The van der Waals surface area contributed by atoms with Gasteiger partial charge in [-0.15, -0.1) is 0 Å². The third-order valence-corrected chi connectivity index (χ3v) is 4.16. The highest BCUT2D eigenvalue weighted by molar-refractivity contribution is 5.77. The topological polar surface area (TPSA) is 66.4 Å². The molecule has 0 bridgehead atoms. The van der Waals surface area contributed by atoms with Crippen LogP contribution >= 0.6 is 0 Å². The van der Waals surface area contributed by atoms with Gasteiger partial charge < -0.3 is 10.4 Å². The summed E-state index contributed by atoms with van der Waals surface area (Å²) in [5.74, 6) is -0.436. The summed E-state index contributed by atoms with van der Waals surface area (Å²) in [4.78, 5) is 22.8. The zero-order valence-corrected chi connectivity index (χ0v) is 12.2. The summed E-state index contributed by atoms with van der Waals surface area (Å²) >= 11 is 0. The first kappa shape index (κ1) is 16.0. The van der Waals surface area contributed by atoms with Crippen molar-refractivity contribution < 1.29 is 14.7 Å². The highest BCUT2D eigenvalue weighted by atomic mass is 16.4. The molecule has 19 heavy (non-hydrogen) atoms. The number of hydrogen-bond donors (Lipinski definition) is 2. The molecule has 1 rings (SSSR count). The standard InChI is InChI=1S/C15H27NO3/c1-3-5-6-11(4-2)9-14(17)16-13-8-7-12(10-13)15(18)19/h11-13H,3-10H2,1-2H3,(H,16,17)(H,18,19)/t11?,12-,13+/m0/s1. The number of carboxylic acid groups (broad SMARTS) is 1. The monoisotopic (exact) mass is 269 g/mol. The van der Waals surface area contributed by atoms with Crippen molar-refractivity contribution in [1.82, 2.24) is 5.32 Å². The van der Waals surface area contributed by atoms with E-state index in [-0.39, 0.29) is 17.9 Å². The lowest BCUT2D eigenvalue weighted by Gasteiger charge is -2.17. The number of rotatable bonds is 8. The van der Waals surface area contributed by atoms with Gasteiger partial charge >= 0.3 is 5.97 Å². The minimum Gasteiger partial charge on any atom is -0.481 e. The van der Waals surface area contributed by atoms with Crippen LogP contribution in [0.5, 0.6) is 0 Å². The summed E-state index contributed by atoms with van der Waals surface area (Å²) in [6, 6.07) is 0.0669. The largest absolute Gasteiger partial charge is 0.481 e. The molecule has 0 radical (unpaired) electrons. The first-order chi connectivity index (χ1) is 9.06. The van der Waals surface area contributed by atoms with E-state index in [9.17, 15) is 9.59 Å². The molecule has 2 N–H and O–H groups in total. The number of carboxylic acids is 1. The summed E-state index contributed by atoms with van der Waals surface area (Å²) in [5.41, 5.74) is 0. The molecule has 0 aromatic heterocycles. The van der Waals surface area contributed by atoms with Gasteiger partial charge in [-0.25, -0.2) is 0 Å². The van der Waals surface area contributed by atoms with Crippen molar-refractivity contribution in [3.05, 3.63) is 0 Å². The van der Waals surface area contributed by atoms with Gasteiger partial charge in [-0.05, 0) is 31.6 Å². The molecular weight excluding hydrogens is 242 g/mol. The lowest BCUT2D eigenvalue weighted by molar-refractivity contribution is -0.141. The molecular formula is C15H27NO3. The molecule has 4 nitrogen and oxygen atoms in total. The predicted molar refractivity (Wildman–Crippen MR) is 74.8 cm³/mol. The number of carbonyl (C=O) groups excluding carboxylic acids is 1. The molecule has 0 aromatic carbocycles. The maximum atomic E-state index is 11.9. The second-order valence-corrected chi connectivity index (χ2v) is 5.73. The quantitative estimate of drug-likeness (QED) is 0.712. The van der Waals surface area contributed by atoms with Gasteiger partial charge in [-0.2, -0.15) is 0 Å². The first-order valence-corrected chi connectivity index (χ1v) is 7.58. The first-order valence-electron chi connectivity index (χ1n) is 7.58. The van der Waals surface area contributed by atoms with Crippen LogP contribution in [-0.2, 0) is 9.59 Å². The fourth-order valence-corrected chi connectivity index (χ4v) is 2.83. The minimum absolute atomic E-state index is 0.0669. The molecule has 110 valence electrons. The lowest BCUT2D eigenvalue weighted by atomic mass is 9.95. The van der Waals surface area contributed by atoms with Gasteiger partial charge in [0.1, 0.15) is 0 Å². The van der Waals surface area contributed by atoms with Gasteiger partial charge in [0.15, 0.2) is 0 Å². The fraction of sp³-hybridized carbons (Fsp3) is 0.867. The molecule has 0 heterocycles. The van der Waals surface area contributed by atoms with Crippen LogP contribution in [0.1, 0.15) is 65.2 Å². The van der Waals surface area contributed by atoms with Crippen LogP contribution in [0.2, 0.25) is 0 Å². The van der Waals surface area contributed by atoms with Crippen LogP contribution in [0.4, 0.5) is 0 Å². The van der Waals surface area contributed by atoms with Crippen molar-refractivity contribution in [1.29, 1.82) is 0 Å². The van der Waals surface area contributed by atoms with Crippen LogP contribution in [0.25, 0.3) is 0 Å². The molecule has 0 spiro atoms. The van der Waals surface area contributed by atoms with Crippen LogP contribution < -0.4 is 5.32 Å². The van der Waals surface area contributed by atoms with E-state index in [0.29, 0.717) is 25.2 Å². The van der Waals surface area contributed by atoms with Crippen LogP contribution in [0.15, 0.2) is 0 Å². The molecule has 1 fully saturated rings.